The summed E-state index contributed by atoms with van der Waals surface area (Å²) in [6.45, 7) is 4.13. The van der Waals surface area contributed by atoms with E-state index in [-0.39, 0.29) is 6.04 Å². The van der Waals surface area contributed by atoms with E-state index in [9.17, 15) is 0 Å². The second-order valence-corrected chi connectivity index (χ2v) is 5.17. The van der Waals surface area contributed by atoms with E-state index in [1.54, 1.807) is 11.3 Å². The van der Waals surface area contributed by atoms with Crippen LogP contribution in [0, 0.1) is 13.8 Å². The molecule has 4 heteroatoms. The molecular weight excluding hydrogens is 230 g/mol. The van der Waals surface area contributed by atoms with Crippen LogP contribution in [0.15, 0.2) is 23.7 Å². The van der Waals surface area contributed by atoms with Gasteiger partial charge in [0, 0.05) is 23.7 Å². The Kier molecular flexibility index (Phi) is 3.86. The molecule has 0 saturated carbocycles. The third-order valence-electron chi connectivity index (χ3n) is 2.86. The minimum Gasteiger partial charge on any atom is -0.311 e. The molecule has 0 saturated heterocycles. The molecular formula is C13H17N3S. The molecule has 0 fully saturated rings. The molecule has 0 aliphatic carbocycles. The fourth-order valence-corrected chi connectivity index (χ4v) is 2.49. The molecule has 0 radical (unpaired) electrons. The lowest BCUT2D eigenvalue weighted by molar-refractivity contribution is 0.569. The number of hydrogen-bond acceptors (Lipinski definition) is 4. The molecule has 2 aromatic rings. The van der Waals surface area contributed by atoms with E-state index in [2.05, 4.69) is 33.7 Å². The summed E-state index contributed by atoms with van der Waals surface area (Å²) in [4.78, 5) is 8.97. The van der Waals surface area contributed by atoms with Gasteiger partial charge in [0.25, 0.3) is 0 Å². The molecule has 1 unspecified atom stereocenters. The number of aryl methyl sites for hydroxylation is 2. The van der Waals surface area contributed by atoms with E-state index >= 15 is 0 Å². The molecule has 2 heterocycles. The van der Waals surface area contributed by atoms with E-state index < -0.39 is 0 Å². The first kappa shape index (κ1) is 12.2. The van der Waals surface area contributed by atoms with Gasteiger partial charge in [-0.25, -0.2) is 4.98 Å². The number of nitrogens with one attached hydrogen (secondary N) is 1. The minimum absolute atomic E-state index is 0.244. The molecule has 0 aliphatic rings. The van der Waals surface area contributed by atoms with E-state index in [0.717, 1.165) is 22.8 Å². The summed E-state index contributed by atoms with van der Waals surface area (Å²) < 4.78 is 0. The SMILES string of the molecule is CNC(Cc1ncccc1C)c1csc(C)n1. The van der Waals surface area contributed by atoms with Crippen molar-refractivity contribution in [3.05, 3.63) is 45.7 Å². The second-order valence-electron chi connectivity index (χ2n) is 4.10. The second kappa shape index (κ2) is 5.38. The molecule has 0 spiro atoms. The van der Waals surface area contributed by atoms with Gasteiger partial charge in [0.2, 0.25) is 0 Å². The van der Waals surface area contributed by atoms with Crippen molar-refractivity contribution in [3.63, 3.8) is 0 Å². The Bertz CT molecular complexity index is 493. The van der Waals surface area contributed by atoms with Gasteiger partial charge in [-0.1, -0.05) is 6.07 Å². The predicted octanol–water partition coefficient (Wildman–Crippen LogP) is 2.66. The maximum absolute atomic E-state index is 4.54. The molecule has 1 atom stereocenters. The lowest BCUT2D eigenvalue weighted by Crippen LogP contribution is -2.20. The molecule has 1 N–H and O–H groups in total. The van der Waals surface area contributed by atoms with Gasteiger partial charge in [-0.2, -0.15) is 0 Å². The fourth-order valence-electron chi connectivity index (χ4n) is 1.82. The van der Waals surface area contributed by atoms with Crippen LogP contribution in [0.1, 0.15) is 28.0 Å². The summed E-state index contributed by atoms with van der Waals surface area (Å²) in [7, 11) is 1.97. The molecule has 0 aliphatic heterocycles. The van der Waals surface area contributed by atoms with Crippen LogP contribution in [0.4, 0.5) is 0 Å². The van der Waals surface area contributed by atoms with E-state index in [1.165, 1.54) is 5.56 Å². The molecule has 0 aromatic carbocycles. The Morgan fingerprint density at radius 1 is 1.41 bits per heavy atom. The highest BCUT2D eigenvalue weighted by Gasteiger charge is 2.14. The summed E-state index contributed by atoms with van der Waals surface area (Å²) in [5, 5.41) is 6.54. The maximum atomic E-state index is 4.54. The number of thiazole rings is 1. The van der Waals surface area contributed by atoms with Crippen molar-refractivity contribution in [1.29, 1.82) is 0 Å². The summed E-state index contributed by atoms with van der Waals surface area (Å²) in [5.74, 6) is 0. The first-order valence-electron chi connectivity index (χ1n) is 5.70. The Labute approximate surface area is 106 Å². The van der Waals surface area contributed by atoms with Crippen LogP contribution in [0.25, 0.3) is 0 Å². The van der Waals surface area contributed by atoms with E-state index in [1.807, 2.05) is 26.2 Å². The van der Waals surface area contributed by atoms with E-state index in [0.29, 0.717) is 0 Å². The van der Waals surface area contributed by atoms with Crippen LogP contribution in [0.2, 0.25) is 0 Å². The van der Waals surface area contributed by atoms with Gasteiger partial charge in [-0.3, -0.25) is 4.98 Å². The van der Waals surface area contributed by atoms with Crippen LogP contribution in [-0.2, 0) is 6.42 Å². The zero-order valence-electron chi connectivity index (χ0n) is 10.4. The summed E-state index contributed by atoms with van der Waals surface area (Å²) in [6.07, 6.45) is 2.73. The van der Waals surface area contributed by atoms with Crippen LogP contribution >= 0.6 is 11.3 Å². The summed E-state index contributed by atoms with van der Waals surface area (Å²) in [5.41, 5.74) is 3.48. The third-order valence-corrected chi connectivity index (χ3v) is 3.65. The molecule has 0 amide bonds. The van der Waals surface area contributed by atoms with Gasteiger partial charge in [0.05, 0.1) is 16.7 Å². The average molecular weight is 247 g/mol. The van der Waals surface area contributed by atoms with Crippen molar-refractivity contribution >= 4 is 11.3 Å². The smallest absolute Gasteiger partial charge is 0.0898 e. The van der Waals surface area contributed by atoms with Crippen molar-refractivity contribution in [2.24, 2.45) is 0 Å². The Morgan fingerprint density at radius 3 is 2.82 bits per heavy atom. The van der Waals surface area contributed by atoms with Gasteiger partial charge < -0.3 is 5.32 Å². The Hall–Kier alpha value is -1.26. The number of pyridine rings is 1. The maximum Gasteiger partial charge on any atom is 0.0898 e. The summed E-state index contributed by atoms with van der Waals surface area (Å²) in [6, 6.07) is 4.32. The van der Waals surface area contributed by atoms with Crippen LogP contribution in [-0.4, -0.2) is 17.0 Å². The normalized spacial score (nSPS) is 12.6. The fraction of sp³-hybridized carbons (Fsp3) is 0.385. The van der Waals surface area contributed by atoms with Crippen molar-refractivity contribution in [1.82, 2.24) is 15.3 Å². The highest BCUT2D eigenvalue weighted by Crippen LogP contribution is 2.20. The largest absolute Gasteiger partial charge is 0.311 e. The van der Waals surface area contributed by atoms with Crippen LogP contribution in [0.3, 0.4) is 0 Å². The highest BCUT2D eigenvalue weighted by atomic mass is 32.1. The first-order chi connectivity index (χ1) is 8.20. The number of likely N-dealkylation sites (N-methyl/N-ethyl adjacent to an activating group) is 1. The molecule has 0 bridgehead atoms. The van der Waals surface area contributed by atoms with Gasteiger partial charge in [-0.05, 0) is 32.5 Å². The zero-order valence-corrected chi connectivity index (χ0v) is 11.2. The average Bonchev–Trinajstić information content (AvgIpc) is 2.75. The quantitative estimate of drug-likeness (QED) is 0.902. The third kappa shape index (κ3) is 2.90. The van der Waals surface area contributed by atoms with Crippen LogP contribution in [0.5, 0.6) is 0 Å². The lowest BCUT2D eigenvalue weighted by atomic mass is 10.1. The summed E-state index contributed by atoms with van der Waals surface area (Å²) >= 11 is 1.69. The lowest BCUT2D eigenvalue weighted by Gasteiger charge is -2.14. The molecule has 90 valence electrons. The number of rotatable bonds is 4. The zero-order chi connectivity index (χ0) is 12.3. The van der Waals surface area contributed by atoms with Gasteiger partial charge in [-0.15, -0.1) is 11.3 Å². The number of hydrogen-bond donors (Lipinski definition) is 1. The Balaban J connectivity index is 2.18. The van der Waals surface area contributed by atoms with Crippen molar-refractivity contribution < 1.29 is 0 Å². The highest BCUT2D eigenvalue weighted by molar-refractivity contribution is 7.09. The number of nitrogens with zero attached hydrogens (tertiary/aromatic N) is 2. The van der Waals surface area contributed by atoms with Gasteiger partial charge in [0.15, 0.2) is 0 Å². The van der Waals surface area contributed by atoms with Crippen molar-refractivity contribution in [2.75, 3.05) is 7.05 Å². The monoisotopic (exact) mass is 247 g/mol. The molecule has 3 nitrogen and oxygen atoms in total. The molecule has 17 heavy (non-hydrogen) atoms. The number of aromatic nitrogens is 2. The van der Waals surface area contributed by atoms with Gasteiger partial charge in [0.1, 0.15) is 0 Å². The van der Waals surface area contributed by atoms with Crippen molar-refractivity contribution in [2.45, 2.75) is 26.3 Å². The molecule has 2 rings (SSSR count). The minimum atomic E-state index is 0.244. The Morgan fingerprint density at radius 2 is 2.24 bits per heavy atom. The van der Waals surface area contributed by atoms with Gasteiger partial charge >= 0.3 is 0 Å². The molecule has 2 aromatic heterocycles. The standard InChI is InChI=1S/C13H17N3S/c1-9-5-4-6-15-11(9)7-12(14-3)13-8-17-10(2)16-13/h4-6,8,12,14H,7H2,1-3H3. The first-order valence-corrected chi connectivity index (χ1v) is 6.58. The van der Waals surface area contributed by atoms with E-state index in [4.69, 9.17) is 0 Å². The van der Waals surface area contributed by atoms with Crippen molar-refractivity contribution in [3.8, 4) is 0 Å². The van der Waals surface area contributed by atoms with Crippen LogP contribution < -0.4 is 5.32 Å². The topological polar surface area (TPSA) is 37.8 Å². The predicted molar refractivity (Wildman–Crippen MR) is 71.3 cm³/mol.